The van der Waals surface area contributed by atoms with Gasteiger partial charge in [0.05, 0.1) is 0 Å². The molecule has 1 amide bonds. The van der Waals surface area contributed by atoms with E-state index >= 15 is 0 Å². The summed E-state index contributed by atoms with van der Waals surface area (Å²) in [7, 11) is 0. The molecule has 0 saturated carbocycles. The van der Waals surface area contributed by atoms with Crippen molar-refractivity contribution in [1.29, 1.82) is 0 Å². The third-order valence-electron chi connectivity index (χ3n) is 5.64. The zero-order chi connectivity index (χ0) is 18.4. The van der Waals surface area contributed by atoms with Crippen LogP contribution in [0.4, 0.5) is 0 Å². The van der Waals surface area contributed by atoms with Crippen LogP contribution in [0, 0.1) is 5.92 Å². The molecule has 4 heterocycles. The normalized spacial score (nSPS) is 22.2. The smallest absolute Gasteiger partial charge is 0.263 e. The van der Waals surface area contributed by atoms with Crippen LogP contribution in [-0.4, -0.2) is 30.4 Å². The van der Waals surface area contributed by atoms with Gasteiger partial charge in [0, 0.05) is 31.2 Å². The summed E-state index contributed by atoms with van der Waals surface area (Å²) in [6.07, 6.45) is 1.11. The first-order valence-corrected chi connectivity index (χ1v) is 9.30. The molecule has 1 saturated heterocycles. The van der Waals surface area contributed by atoms with E-state index < -0.39 is 0 Å². The minimum Gasteiger partial charge on any atom is -0.454 e. The van der Waals surface area contributed by atoms with Crippen molar-refractivity contribution in [2.75, 3.05) is 19.9 Å². The molecule has 2 N–H and O–H groups in total. The van der Waals surface area contributed by atoms with Crippen molar-refractivity contribution < 1.29 is 14.3 Å². The fraction of sp³-hybridized carbons (Fsp3) is 0.400. The van der Waals surface area contributed by atoms with Crippen LogP contribution in [0.25, 0.3) is 0 Å². The highest BCUT2D eigenvalue weighted by atomic mass is 16.7. The van der Waals surface area contributed by atoms with Gasteiger partial charge in [-0.15, -0.1) is 0 Å². The number of hydrogen-bond acceptors (Lipinski definition) is 5. The maximum absolute atomic E-state index is 12.9. The minimum absolute atomic E-state index is 0.188. The average Bonchev–Trinajstić information content (AvgIpc) is 3.15. The Kier molecular flexibility index (Phi) is 3.89. The molecule has 5 rings (SSSR count). The van der Waals surface area contributed by atoms with Gasteiger partial charge in [0.15, 0.2) is 11.5 Å². The maximum Gasteiger partial charge on any atom is 0.263 e. The molecule has 0 spiro atoms. The zero-order valence-electron chi connectivity index (χ0n) is 14.9. The summed E-state index contributed by atoms with van der Waals surface area (Å²) in [6, 6.07) is 9.14. The van der Waals surface area contributed by atoms with Crippen LogP contribution in [0.15, 0.2) is 35.1 Å². The third kappa shape index (κ3) is 2.88. The van der Waals surface area contributed by atoms with Gasteiger partial charge in [0.25, 0.3) is 11.5 Å². The highest BCUT2D eigenvalue weighted by Crippen LogP contribution is 2.33. The van der Waals surface area contributed by atoms with Crippen LogP contribution in [0.2, 0.25) is 0 Å². The lowest BCUT2D eigenvalue weighted by Gasteiger charge is -2.37. The van der Waals surface area contributed by atoms with Gasteiger partial charge in [-0.1, -0.05) is 6.07 Å². The Morgan fingerprint density at radius 1 is 1.19 bits per heavy atom. The molecule has 7 nitrogen and oxygen atoms in total. The van der Waals surface area contributed by atoms with Gasteiger partial charge in [-0.25, -0.2) is 0 Å². The van der Waals surface area contributed by atoms with E-state index in [1.54, 1.807) is 10.6 Å². The lowest BCUT2D eigenvalue weighted by molar-refractivity contribution is 0.0948. The van der Waals surface area contributed by atoms with E-state index in [0.717, 1.165) is 30.8 Å². The van der Waals surface area contributed by atoms with Crippen molar-refractivity contribution in [2.24, 2.45) is 5.92 Å². The first-order valence-electron chi connectivity index (χ1n) is 9.30. The van der Waals surface area contributed by atoms with E-state index in [-0.39, 0.29) is 23.8 Å². The Labute approximate surface area is 156 Å². The number of aromatic nitrogens is 1. The Morgan fingerprint density at radius 2 is 2.07 bits per heavy atom. The van der Waals surface area contributed by atoms with Crippen molar-refractivity contribution in [3.63, 3.8) is 0 Å². The van der Waals surface area contributed by atoms with E-state index in [1.807, 2.05) is 24.3 Å². The quantitative estimate of drug-likeness (QED) is 0.852. The van der Waals surface area contributed by atoms with E-state index in [1.165, 1.54) is 0 Å². The minimum atomic E-state index is -0.346. The van der Waals surface area contributed by atoms with Crippen molar-refractivity contribution in [3.05, 3.63) is 57.5 Å². The van der Waals surface area contributed by atoms with Crippen LogP contribution in [-0.2, 0) is 13.1 Å². The van der Waals surface area contributed by atoms with Gasteiger partial charge >= 0.3 is 0 Å². The highest BCUT2D eigenvalue weighted by molar-refractivity contribution is 5.93. The lowest BCUT2D eigenvalue weighted by atomic mass is 9.84. The summed E-state index contributed by atoms with van der Waals surface area (Å²) in [6.45, 7) is 3.05. The molecule has 2 aromatic rings. The Bertz CT molecular complexity index is 968. The number of carbonyl (C=O) groups is 1. The molecule has 0 unspecified atom stereocenters. The van der Waals surface area contributed by atoms with Crippen LogP contribution in [0.1, 0.15) is 34.0 Å². The predicted molar refractivity (Wildman–Crippen MR) is 98.2 cm³/mol. The molecule has 2 bridgehead atoms. The van der Waals surface area contributed by atoms with E-state index in [4.69, 9.17) is 9.47 Å². The van der Waals surface area contributed by atoms with Gasteiger partial charge in [-0.2, -0.15) is 0 Å². The largest absolute Gasteiger partial charge is 0.454 e. The van der Waals surface area contributed by atoms with Crippen LogP contribution >= 0.6 is 0 Å². The number of piperidine rings is 1. The highest BCUT2D eigenvalue weighted by Gasteiger charge is 2.31. The first-order chi connectivity index (χ1) is 13.2. The third-order valence-corrected chi connectivity index (χ3v) is 5.64. The van der Waals surface area contributed by atoms with Gasteiger partial charge < -0.3 is 24.7 Å². The summed E-state index contributed by atoms with van der Waals surface area (Å²) in [5, 5.41) is 6.27. The number of fused-ring (bicyclic) bond motifs is 5. The molecule has 1 aromatic carbocycles. The molecule has 3 aliphatic heterocycles. The number of rotatable bonds is 3. The number of nitrogens with one attached hydrogen (secondary N) is 2. The molecule has 27 heavy (non-hydrogen) atoms. The monoisotopic (exact) mass is 367 g/mol. The molecular weight excluding hydrogens is 346 g/mol. The number of hydrogen-bond donors (Lipinski definition) is 2. The SMILES string of the molecule is O=C(NCc1ccc2c(c1)OCO2)c1ccc2n(c1=O)C[C@@H]1CNC[C@H]2C1. The fourth-order valence-electron chi connectivity index (χ4n) is 4.29. The van der Waals surface area contributed by atoms with Crippen molar-refractivity contribution >= 4 is 5.91 Å². The molecular formula is C20H21N3O4. The van der Waals surface area contributed by atoms with Crippen LogP contribution in [0.5, 0.6) is 11.5 Å². The number of ether oxygens (including phenoxy) is 2. The summed E-state index contributed by atoms with van der Waals surface area (Å²) in [5.41, 5.74) is 1.95. The van der Waals surface area contributed by atoms with Crippen LogP contribution < -0.4 is 25.7 Å². The Hall–Kier alpha value is -2.80. The Morgan fingerprint density at radius 3 is 3.00 bits per heavy atom. The second kappa shape index (κ2) is 6.42. The van der Waals surface area contributed by atoms with E-state index in [0.29, 0.717) is 36.4 Å². The molecule has 140 valence electrons. The van der Waals surface area contributed by atoms with Gasteiger partial charge in [-0.3, -0.25) is 9.59 Å². The molecule has 0 radical (unpaired) electrons. The predicted octanol–water partition coefficient (Wildman–Crippen LogP) is 1.21. The number of carbonyl (C=O) groups excluding carboxylic acids is 1. The van der Waals surface area contributed by atoms with Gasteiger partial charge in [0.2, 0.25) is 6.79 Å². The molecule has 1 aromatic heterocycles. The summed E-state index contributed by atoms with van der Waals surface area (Å²) in [4.78, 5) is 25.5. The fourth-order valence-corrected chi connectivity index (χ4v) is 4.29. The molecule has 0 aliphatic carbocycles. The maximum atomic E-state index is 12.9. The molecule has 3 aliphatic rings. The molecule has 7 heteroatoms. The first kappa shape index (κ1) is 16.4. The second-order valence-electron chi connectivity index (χ2n) is 7.41. The number of pyridine rings is 1. The average molecular weight is 367 g/mol. The summed E-state index contributed by atoms with van der Waals surface area (Å²) >= 11 is 0. The number of amides is 1. The second-order valence-corrected chi connectivity index (χ2v) is 7.41. The zero-order valence-corrected chi connectivity index (χ0v) is 14.9. The molecule has 2 atom stereocenters. The lowest BCUT2D eigenvalue weighted by Crippen LogP contribution is -2.46. The van der Waals surface area contributed by atoms with Gasteiger partial charge in [0.1, 0.15) is 5.56 Å². The van der Waals surface area contributed by atoms with E-state index in [9.17, 15) is 9.59 Å². The number of nitrogens with zero attached hydrogens (tertiary/aromatic N) is 1. The summed E-state index contributed by atoms with van der Waals surface area (Å²) < 4.78 is 12.4. The Balaban J connectivity index is 1.35. The van der Waals surface area contributed by atoms with Crippen molar-refractivity contribution in [3.8, 4) is 11.5 Å². The molecule has 1 fully saturated rings. The summed E-state index contributed by atoms with van der Waals surface area (Å²) in [5.74, 6) is 1.85. The van der Waals surface area contributed by atoms with Crippen LogP contribution in [0.3, 0.4) is 0 Å². The van der Waals surface area contributed by atoms with Crippen molar-refractivity contribution in [1.82, 2.24) is 15.2 Å². The standard InChI is InChI=1S/C20H21N3O4/c24-19(22-8-12-1-4-17-18(6-12)27-11-26-17)15-2-3-16-14-5-13(7-21-9-14)10-23(16)20(15)25/h1-4,6,13-14,21H,5,7-11H2,(H,22,24)/t13-,14+/m0/s1. The topological polar surface area (TPSA) is 81.6 Å². The number of benzene rings is 1. The van der Waals surface area contributed by atoms with E-state index in [2.05, 4.69) is 10.6 Å². The van der Waals surface area contributed by atoms with Crippen molar-refractivity contribution in [2.45, 2.75) is 25.4 Å². The van der Waals surface area contributed by atoms with Gasteiger partial charge in [-0.05, 0) is 48.7 Å².